The molecule has 2 heterocycles. The third-order valence-corrected chi connectivity index (χ3v) is 13.3. The molecule has 0 unspecified atom stereocenters. The van der Waals surface area contributed by atoms with Crippen LogP contribution < -0.4 is 0 Å². The van der Waals surface area contributed by atoms with E-state index >= 15 is 0 Å². The Hall–Kier alpha value is -1.90. The van der Waals surface area contributed by atoms with E-state index in [1.807, 2.05) is 35.2 Å². The average molecular weight is 658 g/mol. The number of rotatable bonds is 9. The van der Waals surface area contributed by atoms with Crippen LogP contribution >= 0.6 is 0 Å². The summed E-state index contributed by atoms with van der Waals surface area (Å²) < 4.78 is 42.5. The van der Waals surface area contributed by atoms with Crippen molar-refractivity contribution in [1.29, 1.82) is 0 Å². The molecule has 46 heavy (non-hydrogen) atoms. The fraction of sp³-hybridized carbons (Fsp3) is 0.763. The van der Waals surface area contributed by atoms with Gasteiger partial charge in [-0.15, -0.1) is 0 Å². The molecule has 8 heteroatoms. The topological polar surface area (TPSA) is 82.1 Å². The van der Waals surface area contributed by atoms with Gasteiger partial charge >= 0.3 is 6.09 Å². The number of benzene rings is 1. The van der Waals surface area contributed by atoms with Gasteiger partial charge in [-0.25, -0.2) is 4.79 Å². The number of allylic oxidation sites excluding steroid dienone is 1. The van der Waals surface area contributed by atoms with Gasteiger partial charge in [-0.1, -0.05) is 90.3 Å². The molecule has 0 radical (unpaired) electrons. The fourth-order valence-corrected chi connectivity index (χ4v) is 10.5. The molecule has 0 N–H and O–H groups in total. The fourth-order valence-electron chi connectivity index (χ4n) is 9.86. The van der Waals surface area contributed by atoms with Gasteiger partial charge in [0.05, 0.1) is 30.1 Å². The molecule has 2 saturated heterocycles. The van der Waals surface area contributed by atoms with E-state index in [-0.39, 0.29) is 47.9 Å². The van der Waals surface area contributed by atoms with Crippen molar-refractivity contribution in [2.45, 2.75) is 137 Å². The van der Waals surface area contributed by atoms with E-state index in [4.69, 9.17) is 13.7 Å². The largest absolute Gasteiger partial charge is 0.445 e. The maximum Gasteiger partial charge on any atom is 0.410 e. The number of amides is 1. The molecule has 4 aliphatic rings. The molecule has 0 bridgehead atoms. The smallest absolute Gasteiger partial charge is 0.410 e. The minimum absolute atomic E-state index is 0.00151. The standard InChI is InChI=1S/C38H59NO6S/c1-9-13-31-22-32(45-46(8,41)42)17-18-37(31,7)27(4)21-33-26(3)16-19-38(28(33)5)29(6)35-34(44-38)20-25(2)23-39(35)36(40)43-24-30-14-11-10-12-15-30/h10-12,14-15,25-27,29,31-32,34-35H,9,13,16-24H2,1-8H3/t25-,26+,27+,29+,31+,32-,34+,35-,37+,38-/m0/s1. The molecule has 1 aromatic rings. The zero-order valence-corrected chi connectivity index (χ0v) is 30.4. The van der Waals surface area contributed by atoms with Gasteiger partial charge in [0.25, 0.3) is 10.1 Å². The Balaban J connectivity index is 1.36. The summed E-state index contributed by atoms with van der Waals surface area (Å²) in [5.74, 6) is 1.85. The second-order valence-corrected chi connectivity index (χ2v) is 17.3. The number of likely N-dealkylation sites (tertiary alicyclic amines) is 1. The Labute approximate surface area is 278 Å². The maximum absolute atomic E-state index is 13.6. The highest BCUT2D eigenvalue weighted by molar-refractivity contribution is 7.86. The first-order valence-electron chi connectivity index (χ1n) is 17.9. The predicted octanol–water partition coefficient (Wildman–Crippen LogP) is 8.53. The number of hydrogen-bond acceptors (Lipinski definition) is 6. The number of carbonyl (C=O) groups excluding carboxylic acids is 1. The molecule has 0 aromatic heterocycles. The summed E-state index contributed by atoms with van der Waals surface area (Å²) in [4.78, 5) is 15.6. The van der Waals surface area contributed by atoms with Crippen molar-refractivity contribution >= 4 is 16.2 Å². The van der Waals surface area contributed by atoms with Gasteiger partial charge in [-0.3, -0.25) is 4.18 Å². The summed E-state index contributed by atoms with van der Waals surface area (Å²) in [6.07, 6.45) is 9.48. The van der Waals surface area contributed by atoms with Crippen LogP contribution in [0.4, 0.5) is 4.79 Å². The lowest BCUT2D eigenvalue weighted by molar-refractivity contribution is -0.0636. The van der Waals surface area contributed by atoms with E-state index < -0.39 is 10.1 Å². The summed E-state index contributed by atoms with van der Waals surface area (Å²) >= 11 is 0. The number of nitrogens with zero attached hydrogens (tertiary/aromatic N) is 1. The Morgan fingerprint density at radius 1 is 1.11 bits per heavy atom. The third-order valence-electron chi connectivity index (χ3n) is 12.7. The van der Waals surface area contributed by atoms with Crippen LogP contribution in [0, 0.1) is 35.0 Å². The number of fused-ring (bicyclic) bond motifs is 1. The van der Waals surface area contributed by atoms with Gasteiger partial charge < -0.3 is 14.4 Å². The van der Waals surface area contributed by atoms with Gasteiger partial charge in [-0.05, 0) is 92.1 Å². The monoisotopic (exact) mass is 657 g/mol. The molecule has 10 atom stereocenters. The van der Waals surface area contributed by atoms with Gasteiger partial charge in [-0.2, -0.15) is 8.42 Å². The first-order chi connectivity index (χ1) is 21.7. The van der Waals surface area contributed by atoms with Crippen LogP contribution in [0.2, 0.25) is 0 Å². The van der Waals surface area contributed by atoms with Crippen LogP contribution in [0.25, 0.3) is 0 Å². The molecule has 258 valence electrons. The quantitative estimate of drug-likeness (QED) is 0.196. The highest BCUT2D eigenvalue weighted by Gasteiger charge is 2.59. The molecule has 1 saturated carbocycles. The lowest BCUT2D eigenvalue weighted by Gasteiger charge is -2.50. The van der Waals surface area contributed by atoms with Crippen molar-refractivity contribution in [2.75, 3.05) is 12.8 Å². The van der Waals surface area contributed by atoms with E-state index in [0.717, 1.165) is 63.4 Å². The van der Waals surface area contributed by atoms with Gasteiger partial charge in [0.1, 0.15) is 6.61 Å². The van der Waals surface area contributed by atoms with Gasteiger partial charge in [0.2, 0.25) is 0 Å². The van der Waals surface area contributed by atoms with Crippen molar-refractivity contribution in [2.24, 2.45) is 35.0 Å². The highest BCUT2D eigenvalue weighted by Crippen LogP contribution is 2.56. The van der Waals surface area contributed by atoms with Crippen molar-refractivity contribution < 1.29 is 26.9 Å². The minimum atomic E-state index is -3.47. The molecular weight excluding hydrogens is 598 g/mol. The van der Waals surface area contributed by atoms with Crippen LogP contribution in [0.1, 0.15) is 112 Å². The number of ether oxygens (including phenoxy) is 2. The zero-order valence-electron chi connectivity index (χ0n) is 29.6. The summed E-state index contributed by atoms with van der Waals surface area (Å²) in [6, 6.07) is 9.90. The predicted molar refractivity (Wildman–Crippen MR) is 183 cm³/mol. The molecule has 1 spiro atoms. The lowest BCUT2D eigenvalue weighted by Crippen LogP contribution is -2.54. The lowest BCUT2D eigenvalue weighted by atomic mass is 9.57. The molecule has 2 aliphatic heterocycles. The Morgan fingerprint density at radius 2 is 1.83 bits per heavy atom. The van der Waals surface area contributed by atoms with Gasteiger partial charge in [0.15, 0.2) is 0 Å². The van der Waals surface area contributed by atoms with Crippen molar-refractivity contribution in [3.63, 3.8) is 0 Å². The van der Waals surface area contributed by atoms with E-state index in [1.165, 1.54) is 17.4 Å². The molecule has 2 aliphatic carbocycles. The van der Waals surface area contributed by atoms with Crippen LogP contribution in [-0.4, -0.2) is 56.1 Å². The summed E-state index contributed by atoms with van der Waals surface area (Å²) in [5.41, 5.74) is 3.64. The molecular formula is C38H59NO6S. The molecule has 1 amide bonds. The Kier molecular flexibility index (Phi) is 10.7. The van der Waals surface area contributed by atoms with Crippen molar-refractivity contribution in [1.82, 2.24) is 4.90 Å². The summed E-state index contributed by atoms with van der Waals surface area (Å²) in [6.45, 7) is 17.3. The number of piperidine rings is 1. The molecule has 3 fully saturated rings. The van der Waals surface area contributed by atoms with Gasteiger partial charge in [0, 0.05) is 12.5 Å². The first kappa shape index (κ1) is 35.4. The van der Waals surface area contributed by atoms with Crippen molar-refractivity contribution in [3.05, 3.63) is 47.0 Å². The minimum Gasteiger partial charge on any atom is -0.445 e. The van der Waals surface area contributed by atoms with Crippen LogP contribution in [0.5, 0.6) is 0 Å². The maximum atomic E-state index is 13.6. The Bertz CT molecular complexity index is 1360. The van der Waals surface area contributed by atoms with Crippen LogP contribution in [0.15, 0.2) is 41.5 Å². The number of hydrogen-bond donors (Lipinski definition) is 0. The SMILES string of the molecule is CCC[C@@H]1C[C@@H](OS(C)(=O)=O)CC[C@]1(C)[C@H](C)CC1=C(C)[C@]2(CC[C@H]1C)O[C@@H]1C[C@H](C)CN(C(=O)OCc3ccccc3)[C@H]1[C@H]2C. The second-order valence-electron chi connectivity index (χ2n) is 15.7. The summed E-state index contributed by atoms with van der Waals surface area (Å²) in [7, 11) is -3.47. The summed E-state index contributed by atoms with van der Waals surface area (Å²) in [5, 5.41) is 0. The normalized spacial score (nSPS) is 37.3. The Morgan fingerprint density at radius 3 is 2.50 bits per heavy atom. The van der Waals surface area contributed by atoms with E-state index in [9.17, 15) is 13.2 Å². The van der Waals surface area contributed by atoms with Crippen LogP contribution in [0.3, 0.4) is 0 Å². The molecule has 7 nitrogen and oxygen atoms in total. The third kappa shape index (κ3) is 7.10. The zero-order chi connectivity index (χ0) is 33.4. The molecule has 5 rings (SSSR count). The molecule has 1 aromatic carbocycles. The van der Waals surface area contributed by atoms with Crippen LogP contribution in [-0.2, 0) is 30.4 Å². The van der Waals surface area contributed by atoms with Crippen molar-refractivity contribution in [3.8, 4) is 0 Å². The van der Waals surface area contributed by atoms with E-state index in [1.54, 1.807) is 0 Å². The first-order valence-corrected chi connectivity index (χ1v) is 19.7. The second kappa shape index (κ2) is 13.9. The van der Waals surface area contributed by atoms with E-state index in [0.29, 0.717) is 30.2 Å². The van der Waals surface area contributed by atoms with E-state index in [2.05, 4.69) is 48.5 Å². The average Bonchev–Trinajstić information content (AvgIpc) is 3.28. The number of carbonyl (C=O) groups is 1. The highest BCUT2D eigenvalue weighted by atomic mass is 32.2.